The van der Waals surface area contributed by atoms with Gasteiger partial charge in [0.15, 0.2) is 0 Å². The van der Waals surface area contributed by atoms with Gasteiger partial charge in [-0.2, -0.15) is 0 Å². The Balaban J connectivity index is 2.21. The van der Waals surface area contributed by atoms with E-state index in [-0.39, 0.29) is 5.54 Å². The third-order valence-corrected chi connectivity index (χ3v) is 4.47. The van der Waals surface area contributed by atoms with E-state index in [1.807, 2.05) is 11.3 Å². The molecule has 0 saturated carbocycles. The van der Waals surface area contributed by atoms with Gasteiger partial charge in [0, 0.05) is 33.8 Å². The van der Waals surface area contributed by atoms with Gasteiger partial charge in [-0.1, -0.05) is 32.0 Å². The molecule has 0 fully saturated rings. The standard InChI is InChI=1S/C18H27NOS/c1-13(2)11-20-12-15-14-8-6-7-9-16(14)21-17(15)10-19-18(3,4)5/h6-9,13,19H,10-12H2,1-5H3. The highest BCUT2D eigenvalue weighted by Crippen LogP contribution is 2.32. The molecule has 0 aliphatic rings. The molecule has 0 unspecified atom stereocenters. The topological polar surface area (TPSA) is 21.3 Å². The third-order valence-electron chi connectivity index (χ3n) is 3.26. The van der Waals surface area contributed by atoms with Gasteiger partial charge in [0.25, 0.3) is 0 Å². The Morgan fingerprint density at radius 2 is 1.90 bits per heavy atom. The molecule has 0 bridgehead atoms. The highest BCUT2D eigenvalue weighted by molar-refractivity contribution is 7.19. The van der Waals surface area contributed by atoms with E-state index in [9.17, 15) is 0 Å². The van der Waals surface area contributed by atoms with Gasteiger partial charge in [0.1, 0.15) is 0 Å². The van der Waals surface area contributed by atoms with Crippen molar-refractivity contribution >= 4 is 21.4 Å². The number of nitrogens with one attached hydrogen (secondary N) is 1. The zero-order chi connectivity index (χ0) is 15.5. The Morgan fingerprint density at radius 3 is 2.57 bits per heavy atom. The van der Waals surface area contributed by atoms with Crippen molar-refractivity contribution < 1.29 is 4.74 Å². The van der Waals surface area contributed by atoms with E-state index in [0.29, 0.717) is 12.5 Å². The van der Waals surface area contributed by atoms with E-state index in [4.69, 9.17) is 4.74 Å². The van der Waals surface area contributed by atoms with Crippen LogP contribution in [0.1, 0.15) is 45.1 Å². The molecule has 0 saturated heterocycles. The predicted octanol–water partition coefficient (Wildman–Crippen LogP) is 4.96. The molecule has 2 aromatic rings. The average Bonchev–Trinajstić information content (AvgIpc) is 2.74. The molecular weight excluding hydrogens is 278 g/mol. The van der Waals surface area contributed by atoms with Crippen LogP contribution < -0.4 is 5.32 Å². The van der Waals surface area contributed by atoms with Crippen LogP contribution >= 0.6 is 11.3 Å². The summed E-state index contributed by atoms with van der Waals surface area (Å²) in [6, 6.07) is 8.63. The van der Waals surface area contributed by atoms with Crippen LogP contribution in [0.25, 0.3) is 10.1 Å². The first-order valence-corrected chi connectivity index (χ1v) is 8.50. The molecule has 0 spiro atoms. The number of thiophene rings is 1. The summed E-state index contributed by atoms with van der Waals surface area (Å²) in [4.78, 5) is 1.40. The lowest BCUT2D eigenvalue weighted by Crippen LogP contribution is -2.35. The summed E-state index contributed by atoms with van der Waals surface area (Å²) >= 11 is 1.88. The van der Waals surface area contributed by atoms with Gasteiger partial charge in [-0.3, -0.25) is 0 Å². The molecule has 0 aliphatic carbocycles. The van der Waals surface area contributed by atoms with Crippen molar-refractivity contribution in [3.8, 4) is 0 Å². The highest BCUT2D eigenvalue weighted by atomic mass is 32.1. The lowest BCUT2D eigenvalue weighted by atomic mass is 10.1. The van der Waals surface area contributed by atoms with Crippen molar-refractivity contribution in [1.82, 2.24) is 5.32 Å². The number of fused-ring (bicyclic) bond motifs is 1. The van der Waals surface area contributed by atoms with Crippen LogP contribution in [0.2, 0.25) is 0 Å². The molecule has 0 atom stereocenters. The van der Waals surface area contributed by atoms with E-state index in [0.717, 1.165) is 13.2 Å². The maximum atomic E-state index is 5.90. The molecular formula is C18H27NOS. The quantitative estimate of drug-likeness (QED) is 0.814. The summed E-state index contributed by atoms with van der Waals surface area (Å²) in [5.41, 5.74) is 1.49. The minimum atomic E-state index is 0.131. The van der Waals surface area contributed by atoms with E-state index in [1.165, 1.54) is 20.5 Å². The summed E-state index contributed by atoms with van der Waals surface area (Å²) in [6.45, 7) is 13.4. The SMILES string of the molecule is CC(C)COCc1c(CNC(C)(C)C)sc2ccccc12. The van der Waals surface area contributed by atoms with Crippen molar-refractivity contribution in [2.75, 3.05) is 6.61 Å². The van der Waals surface area contributed by atoms with Gasteiger partial charge < -0.3 is 10.1 Å². The largest absolute Gasteiger partial charge is 0.376 e. The van der Waals surface area contributed by atoms with Crippen molar-refractivity contribution in [2.24, 2.45) is 5.92 Å². The predicted molar refractivity (Wildman–Crippen MR) is 92.9 cm³/mol. The van der Waals surface area contributed by atoms with E-state index in [1.54, 1.807) is 0 Å². The molecule has 1 aromatic carbocycles. The summed E-state index contributed by atoms with van der Waals surface area (Å²) in [7, 11) is 0. The number of rotatable bonds is 6. The second kappa shape index (κ2) is 6.91. The van der Waals surface area contributed by atoms with E-state index in [2.05, 4.69) is 64.2 Å². The van der Waals surface area contributed by atoms with Gasteiger partial charge >= 0.3 is 0 Å². The normalized spacial score (nSPS) is 12.5. The van der Waals surface area contributed by atoms with Gasteiger partial charge in [0.2, 0.25) is 0 Å². The summed E-state index contributed by atoms with van der Waals surface area (Å²) in [5.74, 6) is 0.575. The first kappa shape index (κ1) is 16.5. The lowest BCUT2D eigenvalue weighted by molar-refractivity contribution is 0.0975. The van der Waals surface area contributed by atoms with Crippen molar-refractivity contribution in [1.29, 1.82) is 0 Å². The van der Waals surface area contributed by atoms with Crippen LogP contribution in [0.3, 0.4) is 0 Å². The van der Waals surface area contributed by atoms with Crippen LogP contribution in [0.15, 0.2) is 24.3 Å². The first-order valence-electron chi connectivity index (χ1n) is 7.69. The zero-order valence-electron chi connectivity index (χ0n) is 13.8. The molecule has 2 rings (SSSR count). The molecule has 116 valence electrons. The van der Waals surface area contributed by atoms with Crippen molar-refractivity contribution in [2.45, 2.75) is 53.3 Å². The summed E-state index contributed by atoms with van der Waals surface area (Å²) in [5, 5.41) is 4.94. The maximum Gasteiger partial charge on any atom is 0.0734 e. The Hall–Kier alpha value is -0.900. The molecule has 1 aromatic heterocycles. The summed E-state index contributed by atoms with van der Waals surface area (Å²) in [6.07, 6.45) is 0. The molecule has 1 heterocycles. The number of hydrogen-bond donors (Lipinski definition) is 1. The first-order chi connectivity index (χ1) is 9.87. The van der Waals surface area contributed by atoms with Crippen molar-refractivity contribution in [3.63, 3.8) is 0 Å². The second-order valence-electron chi connectivity index (χ2n) is 7.01. The summed E-state index contributed by atoms with van der Waals surface area (Å²) < 4.78 is 7.25. The molecule has 0 radical (unpaired) electrons. The van der Waals surface area contributed by atoms with E-state index >= 15 is 0 Å². The minimum Gasteiger partial charge on any atom is -0.376 e. The Labute approximate surface area is 132 Å². The third kappa shape index (κ3) is 4.80. The maximum absolute atomic E-state index is 5.90. The van der Waals surface area contributed by atoms with Crippen LogP contribution in [0.5, 0.6) is 0 Å². The van der Waals surface area contributed by atoms with Crippen LogP contribution in [-0.2, 0) is 17.9 Å². The zero-order valence-corrected chi connectivity index (χ0v) is 14.6. The molecule has 1 N–H and O–H groups in total. The van der Waals surface area contributed by atoms with Gasteiger partial charge in [0.05, 0.1) is 6.61 Å². The number of benzene rings is 1. The van der Waals surface area contributed by atoms with E-state index < -0.39 is 0 Å². The second-order valence-corrected chi connectivity index (χ2v) is 8.15. The Bertz CT molecular complexity index is 580. The number of hydrogen-bond acceptors (Lipinski definition) is 3. The average molecular weight is 305 g/mol. The van der Waals surface area contributed by atoms with Gasteiger partial charge in [-0.05, 0) is 38.1 Å². The molecule has 21 heavy (non-hydrogen) atoms. The van der Waals surface area contributed by atoms with Gasteiger partial charge in [-0.25, -0.2) is 0 Å². The van der Waals surface area contributed by atoms with Crippen molar-refractivity contribution in [3.05, 3.63) is 34.7 Å². The molecule has 0 amide bonds. The fourth-order valence-corrected chi connectivity index (χ4v) is 3.34. The monoisotopic (exact) mass is 305 g/mol. The lowest BCUT2D eigenvalue weighted by Gasteiger charge is -2.20. The molecule has 2 nitrogen and oxygen atoms in total. The van der Waals surface area contributed by atoms with Gasteiger partial charge in [-0.15, -0.1) is 11.3 Å². The van der Waals surface area contributed by atoms with Crippen LogP contribution in [0.4, 0.5) is 0 Å². The molecule has 0 aliphatic heterocycles. The molecule has 3 heteroatoms. The number of ether oxygens (including phenoxy) is 1. The Morgan fingerprint density at radius 1 is 1.19 bits per heavy atom. The fourth-order valence-electron chi connectivity index (χ4n) is 2.19. The Kier molecular flexibility index (Phi) is 5.42. The smallest absolute Gasteiger partial charge is 0.0734 e. The van der Waals surface area contributed by atoms with Crippen LogP contribution in [0, 0.1) is 5.92 Å². The minimum absolute atomic E-state index is 0.131. The highest BCUT2D eigenvalue weighted by Gasteiger charge is 2.15. The van der Waals surface area contributed by atoms with Crippen LogP contribution in [-0.4, -0.2) is 12.1 Å². The fraction of sp³-hybridized carbons (Fsp3) is 0.556.